The fraction of sp³-hybridized carbons (Fsp3) is 0.867. The van der Waals surface area contributed by atoms with Gasteiger partial charge in [-0.05, 0) is 30.6 Å². The monoisotopic (exact) mass is 284 g/mol. The summed E-state index contributed by atoms with van der Waals surface area (Å²) in [6, 6.07) is -0.372. The SMILES string of the molecule is CCC(C)(C)CNC(=O)NC1(C(=O)O)CCCC(C)C1. The average molecular weight is 284 g/mol. The minimum absolute atomic E-state index is 0.0214. The van der Waals surface area contributed by atoms with E-state index in [-0.39, 0.29) is 11.4 Å². The number of aliphatic carboxylic acids is 1. The summed E-state index contributed by atoms with van der Waals surface area (Å²) in [4.78, 5) is 23.6. The molecule has 1 rings (SSSR count). The van der Waals surface area contributed by atoms with Crippen molar-refractivity contribution in [2.24, 2.45) is 11.3 Å². The van der Waals surface area contributed by atoms with E-state index in [1.54, 1.807) is 0 Å². The second-order valence-corrected chi connectivity index (χ2v) is 6.91. The van der Waals surface area contributed by atoms with Gasteiger partial charge in [-0.2, -0.15) is 0 Å². The third-order valence-electron chi connectivity index (χ3n) is 4.44. The summed E-state index contributed by atoms with van der Waals surface area (Å²) < 4.78 is 0. The molecule has 116 valence electrons. The highest BCUT2D eigenvalue weighted by Gasteiger charge is 2.43. The Hall–Kier alpha value is -1.26. The molecule has 0 heterocycles. The van der Waals surface area contributed by atoms with Crippen LogP contribution in [0.4, 0.5) is 4.79 Å². The Kier molecular flexibility index (Phi) is 5.42. The Morgan fingerprint density at radius 2 is 2.05 bits per heavy atom. The normalized spacial score (nSPS) is 26.9. The van der Waals surface area contributed by atoms with Crippen molar-refractivity contribution in [3.8, 4) is 0 Å². The molecule has 20 heavy (non-hydrogen) atoms. The van der Waals surface area contributed by atoms with Crippen molar-refractivity contribution < 1.29 is 14.7 Å². The highest BCUT2D eigenvalue weighted by atomic mass is 16.4. The van der Waals surface area contributed by atoms with Crippen LogP contribution in [-0.4, -0.2) is 29.2 Å². The van der Waals surface area contributed by atoms with Gasteiger partial charge in [0, 0.05) is 6.54 Å². The second kappa shape index (κ2) is 6.46. The molecule has 0 aliphatic heterocycles. The van der Waals surface area contributed by atoms with Crippen LogP contribution >= 0.6 is 0 Å². The Morgan fingerprint density at radius 3 is 2.55 bits per heavy atom. The largest absolute Gasteiger partial charge is 0.480 e. The molecule has 3 N–H and O–H groups in total. The van der Waals surface area contributed by atoms with Crippen LogP contribution in [-0.2, 0) is 4.79 Å². The maximum atomic E-state index is 12.0. The molecule has 5 heteroatoms. The van der Waals surface area contributed by atoms with Gasteiger partial charge in [-0.1, -0.05) is 40.5 Å². The molecule has 0 spiro atoms. The second-order valence-electron chi connectivity index (χ2n) is 6.91. The summed E-state index contributed by atoms with van der Waals surface area (Å²) in [5.74, 6) is -0.596. The molecule has 0 saturated heterocycles. The summed E-state index contributed by atoms with van der Waals surface area (Å²) in [5.41, 5.74) is -1.08. The topological polar surface area (TPSA) is 78.4 Å². The maximum Gasteiger partial charge on any atom is 0.329 e. The van der Waals surface area contributed by atoms with Crippen LogP contribution in [0, 0.1) is 11.3 Å². The minimum atomic E-state index is -1.10. The van der Waals surface area contributed by atoms with Gasteiger partial charge >= 0.3 is 12.0 Å². The Balaban J connectivity index is 2.62. The predicted molar refractivity (Wildman–Crippen MR) is 78.6 cm³/mol. The fourth-order valence-electron chi connectivity index (χ4n) is 2.62. The van der Waals surface area contributed by atoms with Crippen LogP contribution in [0.2, 0.25) is 0 Å². The molecule has 0 radical (unpaired) electrons. The van der Waals surface area contributed by atoms with Crippen molar-refractivity contribution in [1.29, 1.82) is 0 Å². The van der Waals surface area contributed by atoms with Crippen molar-refractivity contribution in [1.82, 2.24) is 10.6 Å². The number of carboxylic acids is 1. The van der Waals surface area contributed by atoms with E-state index in [1.807, 2.05) is 6.92 Å². The van der Waals surface area contributed by atoms with E-state index < -0.39 is 11.5 Å². The van der Waals surface area contributed by atoms with Gasteiger partial charge in [-0.25, -0.2) is 9.59 Å². The first-order valence-electron chi connectivity index (χ1n) is 7.50. The molecule has 1 fully saturated rings. The van der Waals surface area contributed by atoms with Gasteiger partial charge < -0.3 is 15.7 Å². The molecule has 2 atom stereocenters. The first kappa shape index (κ1) is 16.8. The van der Waals surface area contributed by atoms with Gasteiger partial charge in [-0.15, -0.1) is 0 Å². The first-order valence-corrected chi connectivity index (χ1v) is 7.50. The summed E-state index contributed by atoms with van der Waals surface area (Å²) >= 11 is 0. The molecule has 5 nitrogen and oxygen atoms in total. The summed E-state index contributed by atoms with van der Waals surface area (Å²) in [6.45, 7) is 8.80. The zero-order valence-electron chi connectivity index (χ0n) is 13.1. The van der Waals surface area contributed by atoms with Crippen LogP contribution < -0.4 is 10.6 Å². The summed E-state index contributed by atoms with van der Waals surface area (Å²) in [5, 5.41) is 15.0. The number of rotatable bonds is 5. The molecule has 2 unspecified atom stereocenters. The van der Waals surface area contributed by atoms with Crippen LogP contribution in [0.25, 0.3) is 0 Å². The Labute approximate surface area is 121 Å². The van der Waals surface area contributed by atoms with E-state index in [1.165, 1.54) is 0 Å². The lowest BCUT2D eigenvalue weighted by Gasteiger charge is -2.37. The summed E-state index contributed by atoms with van der Waals surface area (Å²) in [6.07, 6.45) is 3.84. The van der Waals surface area contributed by atoms with Gasteiger partial charge in [0.1, 0.15) is 5.54 Å². The van der Waals surface area contributed by atoms with E-state index in [0.29, 0.717) is 25.3 Å². The number of carbonyl (C=O) groups is 2. The third-order valence-corrected chi connectivity index (χ3v) is 4.44. The number of carboxylic acid groups (broad SMARTS) is 1. The molecular formula is C15H28N2O3. The lowest BCUT2D eigenvalue weighted by molar-refractivity contribution is -0.146. The van der Waals surface area contributed by atoms with Gasteiger partial charge in [-0.3, -0.25) is 0 Å². The molecule has 1 aliphatic rings. The Bertz CT molecular complexity index is 368. The molecule has 0 aromatic rings. The quantitative estimate of drug-likeness (QED) is 0.726. The highest BCUT2D eigenvalue weighted by Crippen LogP contribution is 2.32. The van der Waals surface area contributed by atoms with Crippen LogP contribution in [0.3, 0.4) is 0 Å². The summed E-state index contributed by atoms with van der Waals surface area (Å²) in [7, 11) is 0. The highest BCUT2D eigenvalue weighted by molar-refractivity contribution is 5.86. The third kappa shape index (κ3) is 4.39. The maximum absolute atomic E-state index is 12.0. The van der Waals surface area contributed by atoms with Gasteiger partial charge in [0.25, 0.3) is 0 Å². The molecule has 1 saturated carbocycles. The smallest absolute Gasteiger partial charge is 0.329 e. The lowest BCUT2D eigenvalue weighted by atomic mass is 9.76. The van der Waals surface area contributed by atoms with E-state index in [0.717, 1.165) is 19.3 Å². The van der Waals surface area contributed by atoms with Crippen molar-refractivity contribution in [3.05, 3.63) is 0 Å². The van der Waals surface area contributed by atoms with E-state index in [4.69, 9.17) is 0 Å². The molecule has 1 aliphatic carbocycles. The number of amides is 2. The van der Waals surface area contributed by atoms with Gasteiger partial charge in [0.15, 0.2) is 0 Å². The number of urea groups is 1. The lowest BCUT2D eigenvalue weighted by Crippen LogP contribution is -2.59. The van der Waals surface area contributed by atoms with E-state index in [9.17, 15) is 14.7 Å². The van der Waals surface area contributed by atoms with Gasteiger partial charge in [0.2, 0.25) is 0 Å². The standard InChI is InChI=1S/C15H28N2O3/c1-5-14(3,4)10-16-13(20)17-15(12(18)19)8-6-7-11(2)9-15/h11H,5-10H2,1-4H3,(H,18,19)(H2,16,17,20). The minimum Gasteiger partial charge on any atom is -0.480 e. The van der Waals surface area contributed by atoms with Gasteiger partial charge in [0.05, 0.1) is 0 Å². The number of hydrogen-bond acceptors (Lipinski definition) is 2. The predicted octanol–water partition coefficient (Wildman–Crippen LogP) is 2.76. The number of carbonyl (C=O) groups excluding carboxylic acids is 1. The number of hydrogen-bond donors (Lipinski definition) is 3. The first-order chi connectivity index (χ1) is 9.21. The molecular weight excluding hydrogens is 256 g/mol. The average Bonchev–Trinajstić information content (AvgIpc) is 2.36. The van der Waals surface area contributed by atoms with E-state index >= 15 is 0 Å². The van der Waals surface area contributed by atoms with Crippen LogP contribution in [0.5, 0.6) is 0 Å². The zero-order chi connectivity index (χ0) is 15.4. The van der Waals surface area contributed by atoms with Crippen molar-refractivity contribution >= 4 is 12.0 Å². The van der Waals surface area contributed by atoms with Crippen LogP contribution in [0.1, 0.15) is 59.8 Å². The van der Waals surface area contributed by atoms with Crippen LogP contribution in [0.15, 0.2) is 0 Å². The Morgan fingerprint density at radius 1 is 1.40 bits per heavy atom. The van der Waals surface area contributed by atoms with E-state index in [2.05, 4.69) is 31.4 Å². The molecule has 2 amide bonds. The molecule has 0 aromatic carbocycles. The van der Waals surface area contributed by atoms with Crippen molar-refractivity contribution in [2.45, 2.75) is 65.3 Å². The fourth-order valence-corrected chi connectivity index (χ4v) is 2.62. The number of nitrogens with one attached hydrogen (secondary N) is 2. The zero-order valence-corrected chi connectivity index (χ0v) is 13.1. The van der Waals surface area contributed by atoms with Crippen molar-refractivity contribution in [3.63, 3.8) is 0 Å². The molecule has 0 bridgehead atoms. The molecule has 0 aromatic heterocycles. The van der Waals surface area contributed by atoms with Crippen molar-refractivity contribution in [2.75, 3.05) is 6.54 Å².